The number of amides is 1. The van der Waals surface area contributed by atoms with Crippen molar-refractivity contribution < 1.29 is 6.22 Å². The molecule has 1 unspecified atom stereocenters. The Bertz CT molecular complexity index is 1590. The Morgan fingerprint density at radius 2 is 2.20 bits per heavy atom. The van der Waals surface area contributed by atoms with Crippen molar-refractivity contribution in [1.29, 1.82) is 0 Å². The number of hydrogen-bond acceptors (Lipinski definition) is 4. The van der Waals surface area contributed by atoms with E-state index in [4.69, 9.17) is 11.4 Å². The summed E-state index contributed by atoms with van der Waals surface area (Å²) < 4.78 is 2.97. The van der Waals surface area contributed by atoms with Crippen molar-refractivity contribution >= 4 is 29.4 Å². The van der Waals surface area contributed by atoms with Gasteiger partial charge in [-0.3, -0.25) is 9.48 Å². The lowest BCUT2D eigenvalue weighted by molar-refractivity contribution is 0.0943. The molecule has 1 amide bonds. The Kier molecular flexibility index (Phi) is 4.91. The van der Waals surface area contributed by atoms with Crippen LogP contribution in [-0.4, -0.2) is 27.2 Å². The highest BCUT2D eigenvalue weighted by atomic mass is 32.1. The fourth-order valence-corrected chi connectivity index (χ4v) is 6.12. The van der Waals surface area contributed by atoms with Crippen molar-refractivity contribution in [1.82, 2.24) is 20.1 Å². The highest BCUT2D eigenvalue weighted by molar-refractivity contribution is 7.13. The summed E-state index contributed by atoms with van der Waals surface area (Å²) in [5.74, 6) is 2.94. The second kappa shape index (κ2) is 7.79. The first-order valence-electron chi connectivity index (χ1n) is 11.9. The Morgan fingerprint density at radius 1 is 1.34 bits per heavy atom. The fourth-order valence-electron chi connectivity index (χ4n) is 5.17. The van der Waals surface area contributed by atoms with Crippen LogP contribution in [0.2, 0.25) is 0 Å². The Morgan fingerprint density at radius 3 is 2.97 bits per heavy atom. The minimum absolute atomic E-state index is 0. The lowest BCUT2D eigenvalue weighted by Gasteiger charge is -2.27. The molecule has 5 nitrogen and oxygen atoms in total. The number of hydrogen-bond donors (Lipinski definition) is 1. The number of allylic oxidation sites excluding steroid dienone is 2. The van der Waals surface area contributed by atoms with Crippen LogP contribution in [0.1, 0.15) is 49.6 Å². The molecule has 1 aromatic carbocycles. The first-order chi connectivity index (χ1) is 16.7. The quantitative estimate of drug-likeness (QED) is 0.580. The molecular formula is C29H29N4OS. The molecule has 2 atom stereocenters. The van der Waals surface area contributed by atoms with Gasteiger partial charge in [0.2, 0.25) is 0 Å². The van der Waals surface area contributed by atoms with Crippen LogP contribution in [0, 0.1) is 24.2 Å². The van der Waals surface area contributed by atoms with Gasteiger partial charge in [-0.05, 0) is 55.5 Å². The van der Waals surface area contributed by atoms with Crippen LogP contribution in [0.4, 0.5) is 0 Å². The number of aryl methyl sites for hydroxylation is 1. The van der Waals surface area contributed by atoms with E-state index in [9.17, 15) is 4.79 Å². The maximum atomic E-state index is 13.2. The predicted octanol–water partition coefficient (Wildman–Crippen LogP) is 3.54. The lowest BCUT2D eigenvalue weighted by atomic mass is 9.76. The highest BCUT2D eigenvalue weighted by Gasteiger charge is 2.38. The number of fused-ring (bicyclic) bond motifs is 2. The van der Waals surface area contributed by atoms with E-state index in [1.807, 2.05) is 31.6 Å². The average molecular weight is 482 g/mol. The van der Waals surface area contributed by atoms with Crippen LogP contribution in [0.3, 0.4) is 0 Å². The van der Waals surface area contributed by atoms with E-state index in [0.29, 0.717) is 12.1 Å². The van der Waals surface area contributed by atoms with Gasteiger partial charge in [0.05, 0.1) is 21.5 Å². The van der Waals surface area contributed by atoms with Gasteiger partial charge in [0, 0.05) is 44.2 Å². The minimum Gasteiger partial charge on any atom is -0.351 e. The van der Waals surface area contributed by atoms with Crippen LogP contribution < -0.4 is 15.2 Å². The van der Waals surface area contributed by atoms with E-state index < -0.39 is 0 Å². The van der Waals surface area contributed by atoms with Gasteiger partial charge in [-0.25, -0.2) is 4.98 Å². The summed E-state index contributed by atoms with van der Waals surface area (Å²) in [6, 6.07) is 6.01. The smallest absolute Gasteiger partial charge is 0.251 e. The standard InChI is InChI=1S/C29H27N4OS.H2/c1-5-29(3)13-21-11-20(21)10-18-6-7-19(12-23(18)29)26(34)30-17-28(2)9-8-25-24(14-28)32-27(35-25)22-15-31-33(4)16-22;/h1,6-8,11-12,14-16H,9-10,13,17H2,2-4H3,(H,30,34);1H/t28?,29-;/m1./s1. The number of thiazole rings is 1. The van der Waals surface area contributed by atoms with Crippen molar-refractivity contribution in [3.63, 3.8) is 0 Å². The molecule has 0 saturated carbocycles. The second-order valence-electron chi connectivity index (χ2n) is 10.5. The van der Waals surface area contributed by atoms with Crippen LogP contribution in [-0.2, 0) is 18.9 Å². The van der Waals surface area contributed by atoms with E-state index in [-0.39, 0.29) is 18.2 Å². The van der Waals surface area contributed by atoms with Gasteiger partial charge in [-0.15, -0.1) is 17.8 Å². The largest absolute Gasteiger partial charge is 0.351 e. The molecule has 177 valence electrons. The van der Waals surface area contributed by atoms with Crippen LogP contribution >= 0.6 is 11.3 Å². The van der Waals surface area contributed by atoms with E-state index in [0.717, 1.165) is 40.7 Å². The number of carbonyl (C=O) groups excluding carboxylic acids is 1. The second-order valence-corrected chi connectivity index (χ2v) is 11.5. The number of benzene rings is 1. The van der Waals surface area contributed by atoms with Crippen molar-refractivity contribution in [2.75, 3.05) is 6.54 Å². The lowest BCUT2D eigenvalue weighted by Crippen LogP contribution is -2.39. The van der Waals surface area contributed by atoms with Crippen molar-refractivity contribution in [2.45, 2.75) is 38.5 Å². The molecule has 6 rings (SSSR count). The van der Waals surface area contributed by atoms with E-state index in [1.54, 1.807) is 16.0 Å². The monoisotopic (exact) mass is 481 g/mol. The number of carbonyl (C=O) groups is 1. The van der Waals surface area contributed by atoms with Crippen LogP contribution in [0.15, 0.2) is 41.7 Å². The molecule has 35 heavy (non-hydrogen) atoms. The number of aromatic nitrogens is 3. The zero-order chi connectivity index (χ0) is 24.4. The van der Waals surface area contributed by atoms with E-state index >= 15 is 0 Å². The molecule has 3 aliphatic rings. The van der Waals surface area contributed by atoms with Crippen molar-refractivity contribution in [3.05, 3.63) is 74.7 Å². The predicted molar refractivity (Wildman–Crippen MR) is 142 cm³/mol. The molecule has 0 aliphatic heterocycles. The van der Waals surface area contributed by atoms with Gasteiger partial charge in [0.25, 0.3) is 5.91 Å². The number of rotatable bonds is 4. The molecular weight excluding hydrogens is 452 g/mol. The minimum atomic E-state index is -0.388. The third-order valence-electron chi connectivity index (χ3n) is 7.41. The summed E-state index contributed by atoms with van der Waals surface area (Å²) in [5.41, 5.74) is 6.20. The Balaban J connectivity index is 0.00000267. The molecule has 3 aliphatic carbocycles. The highest BCUT2D eigenvalue weighted by Crippen LogP contribution is 2.47. The molecule has 0 saturated heterocycles. The normalized spacial score (nSPS) is 24.2. The van der Waals surface area contributed by atoms with Crippen LogP contribution in [0.25, 0.3) is 22.7 Å². The van der Waals surface area contributed by atoms with Gasteiger partial charge < -0.3 is 5.32 Å². The molecule has 0 bridgehead atoms. The first-order valence-corrected chi connectivity index (χ1v) is 12.7. The van der Waals surface area contributed by atoms with Crippen molar-refractivity contribution in [3.8, 4) is 22.9 Å². The zero-order valence-corrected chi connectivity index (χ0v) is 21.0. The maximum Gasteiger partial charge on any atom is 0.251 e. The molecule has 1 radical (unpaired) electrons. The molecule has 2 aromatic heterocycles. The maximum absolute atomic E-state index is 13.2. The third kappa shape index (κ3) is 3.94. The van der Waals surface area contributed by atoms with Gasteiger partial charge in [0.15, 0.2) is 0 Å². The Hall–Kier alpha value is -3.43. The van der Waals surface area contributed by atoms with Gasteiger partial charge in [0.1, 0.15) is 5.01 Å². The fraction of sp³-hybridized carbons (Fsp3) is 0.310. The summed E-state index contributed by atoms with van der Waals surface area (Å²) in [7, 11) is 1.91. The first kappa shape index (κ1) is 22.1. The SMILES string of the molecule is C#C[C@]1(C)CC2=C([CH]2)Cc2ccc(C(=O)NCC3(C)C=c4nc(-c5cnn(C)c5)sc4=CC3)cc21.[HH]. The number of terminal acetylenes is 1. The van der Waals surface area contributed by atoms with Crippen LogP contribution in [0.5, 0.6) is 0 Å². The van der Waals surface area contributed by atoms with Gasteiger partial charge in [-0.1, -0.05) is 36.1 Å². The number of nitrogens with zero attached hydrogens (tertiary/aromatic N) is 3. The molecule has 0 spiro atoms. The number of nitrogens with one attached hydrogen (secondary N) is 1. The Labute approximate surface area is 210 Å². The summed E-state index contributed by atoms with van der Waals surface area (Å²) >= 11 is 1.68. The topological polar surface area (TPSA) is 59.8 Å². The molecule has 0 fully saturated rings. The summed E-state index contributed by atoms with van der Waals surface area (Å²) in [4.78, 5) is 18.0. The average Bonchev–Trinajstić information content (AvgIpc) is 3.22. The molecule has 3 aromatic rings. The van der Waals surface area contributed by atoms with E-state index in [2.05, 4.69) is 54.8 Å². The van der Waals surface area contributed by atoms with Gasteiger partial charge in [-0.2, -0.15) is 5.10 Å². The zero-order valence-electron chi connectivity index (χ0n) is 20.2. The van der Waals surface area contributed by atoms with Crippen molar-refractivity contribution in [2.24, 2.45) is 12.5 Å². The summed E-state index contributed by atoms with van der Waals surface area (Å²) in [6.07, 6.45) is 19.1. The van der Waals surface area contributed by atoms with E-state index in [1.165, 1.54) is 21.2 Å². The molecule has 6 heteroatoms. The third-order valence-corrected chi connectivity index (χ3v) is 8.53. The summed E-state index contributed by atoms with van der Waals surface area (Å²) in [6.45, 7) is 4.81. The summed E-state index contributed by atoms with van der Waals surface area (Å²) in [5, 5.41) is 9.38. The molecule has 1 N–H and O–H groups in total. The molecule has 2 heterocycles. The van der Waals surface area contributed by atoms with Gasteiger partial charge >= 0.3 is 0 Å².